The van der Waals surface area contributed by atoms with E-state index in [0.29, 0.717) is 18.9 Å². The minimum absolute atomic E-state index is 0.0999. The Labute approximate surface area is 97.9 Å². The number of unbranched alkanes of at least 4 members (excludes halogenated alkanes) is 3. The number of carbonyl (C=O) groups is 2. The highest BCUT2D eigenvalue weighted by Gasteiger charge is 2.03. The molecule has 0 bridgehead atoms. The lowest BCUT2D eigenvalue weighted by atomic mass is 10.1. The number of rotatable bonds is 9. The quantitative estimate of drug-likeness (QED) is 0.263. The summed E-state index contributed by atoms with van der Waals surface area (Å²) in [6, 6.07) is 0. The molecule has 0 aromatic carbocycles. The third-order valence-corrected chi connectivity index (χ3v) is 2.04. The Morgan fingerprint density at radius 3 is 2.62 bits per heavy atom. The van der Waals surface area contributed by atoms with E-state index < -0.39 is 0 Å². The number of esters is 1. The fourth-order valence-corrected chi connectivity index (χ4v) is 1.19. The van der Waals surface area contributed by atoms with Crippen molar-refractivity contribution in [3.63, 3.8) is 0 Å². The van der Waals surface area contributed by atoms with E-state index in [0.717, 1.165) is 32.0 Å². The molecular formula is C13H22O3. The highest BCUT2D eigenvalue weighted by Crippen LogP contribution is 2.05. The maximum Gasteiger partial charge on any atom is 0.305 e. The second kappa shape index (κ2) is 10.4. The standard InChI is InChI=1S/C13H22O3/c1-12(2)11-16-13(15)9-7-5-3-4-6-8-10-14/h6,8,10,12H,3-5,7,9,11H2,1-2H3/b8-6+. The Balaban J connectivity index is 3.27. The van der Waals surface area contributed by atoms with Gasteiger partial charge in [0.1, 0.15) is 6.29 Å². The largest absolute Gasteiger partial charge is 0.465 e. The van der Waals surface area contributed by atoms with Gasteiger partial charge in [0, 0.05) is 6.42 Å². The van der Waals surface area contributed by atoms with Crippen LogP contribution >= 0.6 is 0 Å². The highest BCUT2D eigenvalue weighted by molar-refractivity contribution is 5.69. The van der Waals surface area contributed by atoms with Gasteiger partial charge in [-0.3, -0.25) is 9.59 Å². The number of allylic oxidation sites excluding steroid dienone is 2. The molecule has 3 heteroatoms. The lowest BCUT2D eigenvalue weighted by molar-refractivity contribution is -0.144. The Kier molecular flexibility index (Phi) is 9.67. The van der Waals surface area contributed by atoms with Gasteiger partial charge in [-0.2, -0.15) is 0 Å². The molecule has 92 valence electrons. The van der Waals surface area contributed by atoms with E-state index >= 15 is 0 Å². The SMILES string of the molecule is CC(C)COC(=O)CCCCC/C=C/C=O. The first-order chi connectivity index (χ1) is 7.66. The molecule has 0 aromatic rings. The van der Waals surface area contributed by atoms with Crippen LogP contribution in [0.2, 0.25) is 0 Å². The average molecular weight is 226 g/mol. The summed E-state index contributed by atoms with van der Waals surface area (Å²) >= 11 is 0. The normalized spacial score (nSPS) is 10.9. The van der Waals surface area contributed by atoms with Gasteiger partial charge in [-0.05, 0) is 31.3 Å². The molecule has 0 fully saturated rings. The smallest absolute Gasteiger partial charge is 0.305 e. The van der Waals surface area contributed by atoms with E-state index in [1.54, 1.807) is 0 Å². The van der Waals surface area contributed by atoms with Gasteiger partial charge in [-0.25, -0.2) is 0 Å². The summed E-state index contributed by atoms with van der Waals surface area (Å²) in [6.07, 6.45) is 8.43. The van der Waals surface area contributed by atoms with Crippen LogP contribution in [0.3, 0.4) is 0 Å². The van der Waals surface area contributed by atoms with Crippen LogP contribution in [0.5, 0.6) is 0 Å². The summed E-state index contributed by atoms with van der Waals surface area (Å²) in [5.74, 6) is 0.301. The lowest BCUT2D eigenvalue weighted by Gasteiger charge is -2.06. The van der Waals surface area contributed by atoms with Crippen LogP contribution < -0.4 is 0 Å². The van der Waals surface area contributed by atoms with Gasteiger partial charge in [0.2, 0.25) is 0 Å². The predicted octanol–water partition coefficient (Wildman–Crippen LogP) is 2.89. The van der Waals surface area contributed by atoms with E-state index in [1.165, 1.54) is 6.08 Å². The van der Waals surface area contributed by atoms with Gasteiger partial charge >= 0.3 is 5.97 Å². The van der Waals surface area contributed by atoms with Crippen molar-refractivity contribution >= 4 is 12.3 Å². The predicted molar refractivity (Wildman–Crippen MR) is 64.1 cm³/mol. The molecule has 0 saturated heterocycles. The van der Waals surface area contributed by atoms with E-state index in [2.05, 4.69) is 0 Å². The zero-order chi connectivity index (χ0) is 12.2. The summed E-state index contributed by atoms with van der Waals surface area (Å²) in [5, 5.41) is 0. The van der Waals surface area contributed by atoms with Gasteiger partial charge in [0.25, 0.3) is 0 Å². The maximum atomic E-state index is 11.2. The van der Waals surface area contributed by atoms with Crippen LogP contribution in [-0.4, -0.2) is 18.9 Å². The lowest BCUT2D eigenvalue weighted by Crippen LogP contribution is -2.09. The van der Waals surface area contributed by atoms with E-state index in [-0.39, 0.29) is 5.97 Å². The first-order valence-corrected chi connectivity index (χ1v) is 5.92. The van der Waals surface area contributed by atoms with Crippen molar-refractivity contribution in [1.82, 2.24) is 0 Å². The first kappa shape index (κ1) is 14.9. The Hall–Kier alpha value is -1.12. The first-order valence-electron chi connectivity index (χ1n) is 5.92. The van der Waals surface area contributed by atoms with Crippen molar-refractivity contribution in [1.29, 1.82) is 0 Å². The van der Waals surface area contributed by atoms with Crippen LogP contribution in [0, 0.1) is 5.92 Å². The minimum atomic E-state index is -0.0999. The molecule has 0 unspecified atom stereocenters. The molecule has 0 aliphatic rings. The molecule has 0 heterocycles. The summed E-state index contributed by atoms with van der Waals surface area (Å²) in [6.45, 7) is 4.56. The van der Waals surface area contributed by atoms with Crippen LogP contribution in [0.15, 0.2) is 12.2 Å². The van der Waals surface area contributed by atoms with E-state index in [1.807, 2.05) is 19.9 Å². The average Bonchev–Trinajstić information content (AvgIpc) is 2.25. The third kappa shape index (κ3) is 11.0. The third-order valence-electron chi connectivity index (χ3n) is 2.04. The van der Waals surface area contributed by atoms with Crippen LogP contribution in [-0.2, 0) is 14.3 Å². The molecule has 0 rings (SSSR count). The number of hydrogen-bond donors (Lipinski definition) is 0. The van der Waals surface area contributed by atoms with Gasteiger partial charge in [-0.1, -0.05) is 26.3 Å². The zero-order valence-corrected chi connectivity index (χ0v) is 10.3. The van der Waals surface area contributed by atoms with Crippen molar-refractivity contribution in [2.45, 2.75) is 46.0 Å². The molecule has 0 N–H and O–H groups in total. The van der Waals surface area contributed by atoms with Crippen molar-refractivity contribution in [2.24, 2.45) is 5.92 Å². The molecule has 0 aromatic heterocycles. The molecule has 0 atom stereocenters. The van der Waals surface area contributed by atoms with Gasteiger partial charge in [0.05, 0.1) is 6.61 Å². The molecule has 3 nitrogen and oxygen atoms in total. The Morgan fingerprint density at radius 1 is 1.25 bits per heavy atom. The van der Waals surface area contributed by atoms with Crippen molar-refractivity contribution in [3.05, 3.63) is 12.2 Å². The van der Waals surface area contributed by atoms with Gasteiger partial charge < -0.3 is 4.74 Å². The molecule has 0 aliphatic heterocycles. The van der Waals surface area contributed by atoms with E-state index in [9.17, 15) is 9.59 Å². The summed E-state index contributed by atoms with van der Waals surface area (Å²) in [5.41, 5.74) is 0. The number of aldehydes is 1. The zero-order valence-electron chi connectivity index (χ0n) is 10.3. The second-order valence-electron chi connectivity index (χ2n) is 4.24. The molecule has 0 amide bonds. The topological polar surface area (TPSA) is 43.4 Å². The molecule has 0 aliphatic carbocycles. The summed E-state index contributed by atoms with van der Waals surface area (Å²) < 4.78 is 5.05. The molecule has 16 heavy (non-hydrogen) atoms. The van der Waals surface area contributed by atoms with Crippen molar-refractivity contribution < 1.29 is 14.3 Å². The van der Waals surface area contributed by atoms with Gasteiger partial charge in [-0.15, -0.1) is 0 Å². The monoisotopic (exact) mass is 226 g/mol. The van der Waals surface area contributed by atoms with E-state index in [4.69, 9.17) is 4.74 Å². The summed E-state index contributed by atoms with van der Waals surface area (Å²) in [7, 11) is 0. The number of carbonyl (C=O) groups excluding carboxylic acids is 2. The van der Waals surface area contributed by atoms with Crippen molar-refractivity contribution in [2.75, 3.05) is 6.61 Å². The van der Waals surface area contributed by atoms with Crippen LogP contribution in [0.4, 0.5) is 0 Å². The second-order valence-corrected chi connectivity index (χ2v) is 4.24. The number of ether oxygens (including phenoxy) is 1. The Morgan fingerprint density at radius 2 is 2.00 bits per heavy atom. The highest BCUT2D eigenvalue weighted by atomic mass is 16.5. The molecular weight excluding hydrogens is 204 g/mol. The maximum absolute atomic E-state index is 11.2. The molecule has 0 saturated carbocycles. The van der Waals surface area contributed by atoms with Crippen LogP contribution in [0.1, 0.15) is 46.0 Å². The Bertz CT molecular complexity index is 219. The van der Waals surface area contributed by atoms with Crippen molar-refractivity contribution in [3.8, 4) is 0 Å². The van der Waals surface area contributed by atoms with Gasteiger partial charge in [0.15, 0.2) is 0 Å². The fourth-order valence-electron chi connectivity index (χ4n) is 1.19. The minimum Gasteiger partial charge on any atom is -0.465 e. The van der Waals surface area contributed by atoms with Crippen LogP contribution in [0.25, 0.3) is 0 Å². The fraction of sp³-hybridized carbons (Fsp3) is 0.692. The molecule has 0 radical (unpaired) electrons. The summed E-state index contributed by atoms with van der Waals surface area (Å²) in [4.78, 5) is 21.2. The number of hydrogen-bond acceptors (Lipinski definition) is 3. The molecule has 0 spiro atoms.